The van der Waals surface area contributed by atoms with Gasteiger partial charge in [0.2, 0.25) is 11.8 Å². The van der Waals surface area contributed by atoms with Gasteiger partial charge in [-0.15, -0.1) is 0 Å². The Morgan fingerprint density at radius 2 is 1.43 bits per heavy atom. The van der Waals surface area contributed by atoms with Crippen molar-refractivity contribution in [3.05, 3.63) is 69.7 Å². The molecule has 15 heteroatoms. The van der Waals surface area contributed by atoms with Gasteiger partial charge < -0.3 is 21.1 Å². The molecule has 2 aliphatic heterocycles. The normalized spacial score (nSPS) is 14.5. The number of ether oxygens (including phenoxy) is 2. The average Bonchev–Trinajstić information content (AvgIpc) is 3.35. The van der Waals surface area contributed by atoms with Crippen LogP contribution in [-0.2, 0) is 44.4 Å². The third-order valence-corrected chi connectivity index (χ3v) is 7.55. The first-order valence-electron chi connectivity index (χ1n) is 12.9. The van der Waals surface area contributed by atoms with Crippen molar-refractivity contribution in [1.29, 1.82) is 0 Å². The molecule has 4 rings (SSSR count). The molecule has 44 heavy (non-hydrogen) atoms. The molecule has 0 spiro atoms. The van der Waals surface area contributed by atoms with Gasteiger partial charge in [0.25, 0.3) is 9.85 Å². The minimum atomic E-state index is -0.825. The van der Waals surface area contributed by atoms with Gasteiger partial charge in [-0.2, -0.15) is 0 Å². The van der Waals surface area contributed by atoms with E-state index < -0.39 is 16.8 Å². The number of fused-ring (bicyclic) bond motifs is 2. The Bertz CT molecular complexity index is 1450. The number of nitrogens with zero attached hydrogens (tertiary/aromatic N) is 3. The fraction of sp³-hybridized carbons (Fsp3) is 0.414. The van der Waals surface area contributed by atoms with Crippen molar-refractivity contribution < 1.29 is 74.4 Å². The van der Waals surface area contributed by atoms with Crippen LogP contribution in [-0.4, -0.2) is 67.9 Å². The minimum absolute atomic E-state index is 0. The maximum absolute atomic E-state index is 12.5. The second-order valence-corrected chi connectivity index (χ2v) is 10.9. The van der Waals surface area contributed by atoms with E-state index >= 15 is 0 Å². The summed E-state index contributed by atoms with van der Waals surface area (Å²) in [4.78, 5) is 69.8. The number of rotatable bonds is 8. The molecule has 0 saturated carbocycles. The van der Waals surface area contributed by atoms with Gasteiger partial charge in [-0.3, -0.25) is 14.4 Å². The molecule has 0 aromatic heterocycles. The van der Waals surface area contributed by atoms with Gasteiger partial charge in [0.05, 0.1) is 46.0 Å². The van der Waals surface area contributed by atoms with Crippen molar-refractivity contribution in [2.24, 2.45) is 0 Å². The number of halogens is 1. The molecular weight excluding hydrogens is 651 g/mol. The maximum Gasteiger partial charge on any atom is 1.00 e. The molecule has 2 heterocycles. The summed E-state index contributed by atoms with van der Waals surface area (Å²) in [5.41, 5.74) is 2.07. The Kier molecular flexibility index (Phi) is 14.2. The van der Waals surface area contributed by atoms with Crippen LogP contribution in [0.25, 0.3) is 0 Å². The first-order chi connectivity index (χ1) is 20.1. The number of anilines is 2. The monoisotopic (exact) mass is 688 g/mol. The van der Waals surface area contributed by atoms with E-state index in [1.165, 1.54) is 32.3 Å². The predicted molar refractivity (Wildman–Crippen MR) is 164 cm³/mol. The van der Waals surface area contributed by atoms with Gasteiger partial charge in [-0.25, -0.2) is 9.68 Å². The summed E-state index contributed by atoms with van der Waals surface area (Å²) in [5.74, 6) is -0.0159. The number of alkyl halides is 1. The van der Waals surface area contributed by atoms with Crippen molar-refractivity contribution in [1.82, 2.24) is 0 Å². The van der Waals surface area contributed by atoms with Crippen molar-refractivity contribution in [3.8, 4) is 0 Å². The molecule has 234 valence electrons. The smallest absolute Gasteiger partial charge is 1.00 e. The molecule has 0 saturated heterocycles. The molecule has 0 unspecified atom stereocenters. The number of amides is 2. The molecule has 2 amide bonds. The van der Waals surface area contributed by atoms with E-state index in [0.717, 1.165) is 22.3 Å². The fourth-order valence-electron chi connectivity index (χ4n) is 4.22. The van der Waals surface area contributed by atoms with Gasteiger partial charge in [-0.1, -0.05) is 22.5 Å². The van der Waals surface area contributed by atoms with Crippen molar-refractivity contribution in [2.75, 3.05) is 50.5 Å². The number of hydrogen-bond donors (Lipinski definition) is 1. The van der Waals surface area contributed by atoms with E-state index in [1.807, 2.05) is 13.8 Å². The number of benzene rings is 2. The topological polar surface area (TPSA) is 144 Å². The molecule has 0 radical (unpaired) electrons. The molecule has 0 bridgehead atoms. The van der Waals surface area contributed by atoms with Crippen molar-refractivity contribution >= 4 is 56.5 Å². The van der Waals surface area contributed by atoms with Crippen LogP contribution < -0.4 is 39.8 Å². The van der Waals surface area contributed by atoms with Crippen LogP contribution >= 0.6 is 15.9 Å². The zero-order valence-corrected chi connectivity index (χ0v) is 30.1. The van der Waals surface area contributed by atoms with E-state index in [2.05, 4.69) is 47.0 Å². The van der Waals surface area contributed by atoms with Crippen LogP contribution in [0.5, 0.6) is 0 Å². The predicted octanol–water partition coefficient (Wildman–Crippen LogP) is 2.00. The van der Waals surface area contributed by atoms with Gasteiger partial charge >= 0.3 is 46.9 Å². The zero-order valence-electron chi connectivity index (χ0n) is 27.5. The molecule has 0 fully saturated rings. The first kappa shape index (κ1) is 38.7. The molecule has 13 nitrogen and oxygen atoms in total. The molecular formula is C29H38BrN4NaO9+2. The van der Waals surface area contributed by atoms with Crippen molar-refractivity contribution in [3.63, 3.8) is 0 Å². The number of methoxy groups -OCH3 is 2. The number of carbonyl (C=O) groups is 3. The third kappa shape index (κ3) is 8.43. The molecule has 2 aromatic rings. The van der Waals surface area contributed by atoms with Gasteiger partial charge in [-0.05, 0) is 51.0 Å². The first-order valence-corrected chi connectivity index (χ1v) is 14.0. The SMILES string of the molecule is C=C(CBr)OC.COC(=O)CN1C(=O)C(C)(C)c2cc([N+](=O)OC)ccc21.CO[N+](=O)c1ccc2c(c1)C(C)(C)C(=O)N2.[H-].[Na+]. The summed E-state index contributed by atoms with van der Waals surface area (Å²) in [6, 6.07) is 9.75. The number of hydrogen-bond acceptors (Lipinski definition) is 9. The fourth-order valence-corrected chi connectivity index (χ4v) is 4.45. The Morgan fingerprint density at radius 1 is 0.909 bits per heavy atom. The second-order valence-electron chi connectivity index (χ2n) is 10.4. The largest absolute Gasteiger partial charge is 1.00 e. The maximum atomic E-state index is 12.5. The Labute approximate surface area is 288 Å². The van der Waals surface area contributed by atoms with Crippen LogP contribution in [0.1, 0.15) is 40.2 Å². The molecule has 1 N–H and O–H groups in total. The Balaban J connectivity index is 0.000000718. The van der Waals surface area contributed by atoms with Crippen LogP contribution in [0, 0.1) is 9.81 Å². The van der Waals surface area contributed by atoms with Crippen LogP contribution in [0.3, 0.4) is 0 Å². The Hall–Kier alpha value is -3.33. The van der Waals surface area contributed by atoms with Gasteiger partial charge in [0.15, 0.2) is 14.2 Å². The van der Waals surface area contributed by atoms with Crippen LogP contribution in [0.15, 0.2) is 48.7 Å². The molecule has 0 atom stereocenters. The number of carbonyl (C=O) groups excluding carboxylic acids is 3. The summed E-state index contributed by atoms with van der Waals surface area (Å²) < 4.78 is 9.27. The molecule has 2 aliphatic rings. The Morgan fingerprint density at radius 3 is 1.89 bits per heavy atom. The minimum Gasteiger partial charge on any atom is -1.00 e. The van der Waals surface area contributed by atoms with E-state index in [9.17, 15) is 24.2 Å². The number of esters is 1. The van der Waals surface area contributed by atoms with Crippen LogP contribution in [0.2, 0.25) is 0 Å². The summed E-state index contributed by atoms with van der Waals surface area (Å²) >= 11 is 3.15. The summed E-state index contributed by atoms with van der Waals surface area (Å²) in [6.07, 6.45) is 0. The second kappa shape index (κ2) is 16.1. The van der Waals surface area contributed by atoms with E-state index in [1.54, 1.807) is 51.3 Å². The number of allylic oxidation sites excluding steroid dienone is 1. The van der Waals surface area contributed by atoms with Crippen LogP contribution in [0.4, 0.5) is 22.7 Å². The average molecular weight is 690 g/mol. The molecule has 2 aromatic carbocycles. The quantitative estimate of drug-likeness (QED) is 0.145. The molecule has 0 aliphatic carbocycles. The van der Waals surface area contributed by atoms with E-state index in [0.29, 0.717) is 26.8 Å². The summed E-state index contributed by atoms with van der Waals surface area (Å²) in [5, 5.41) is 3.50. The summed E-state index contributed by atoms with van der Waals surface area (Å²) in [7, 11) is 5.43. The van der Waals surface area contributed by atoms with E-state index in [4.69, 9.17) is 0 Å². The standard InChI is InChI=1S/C14H17N2O5.C11H12N2O3.C4H7BrO.Na.H/c1-14(2)10-7-9(16(19)21-4)5-6-11(10)15(13(14)18)8-12(17)20-3;1-11(2)8-6-7(13(15)16-3)4-5-9(8)12-10(11)14;1-4(3-5)6-2;;/h5-7H,8H2,1-4H3;4-6H,1-3H3;1,3H2,2H3;;/q+1;;;+1;-1/p+1. The number of nitrogens with one attached hydrogen (secondary N) is 1. The zero-order chi connectivity index (χ0) is 32.7. The van der Waals surface area contributed by atoms with Crippen molar-refractivity contribution in [2.45, 2.75) is 38.5 Å². The summed E-state index contributed by atoms with van der Waals surface area (Å²) in [6.45, 7) is 10.5. The van der Waals surface area contributed by atoms with Gasteiger partial charge in [0.1, 0.15) is 6.54 Å². The third-order valence-electron chi connectivity index (χ3n) is 6.92. The van der Waals surface area contributed by atoms with E-state index in [-0.39, 0.29) is 55.0 Å². The van der Waals surface area contributed by atoms with Gasteiger partial charge in [0, 0.05) is 35.6 Å².